The summed E-state index contributed by atoms with van der Waals surface area (Å²) >= 11 is 0. The zero-order chi connectivity index (χ0) is 25.1. The molecule has 2 atom stereocenters. The van der Waals surface area contributed by atoms with Gasteiger partial charge in [-0.15, -0.1) is 0 Å². The van der Waals surface area contributed by atoms with Crippen molar-refractivity contribution in [2.45, 2.75) is 51.4 Å². The summed E-state index contributed by atoms with van der Waals surface area (Å²) in [4.78, 5) is 23.7. The number of nitrogens with zero attached hydrogens (tertiary/aromatic N) is 4. The van der Waals surface area contributed by atoms with Gasteiger partial charge in [0.2, 0.25) is 0 Å². The minimum Gasteiger partial charge on any atom is -0.481 e. The van der Waals surface area contributed by atoms with Crippen LogP contribution in [0.1, 0.15) is 54.1 Å². The van der Waals surface area contributed by atoms with Crippen LogP contribution in [0.25, 0.3) is 11.4 Å². The summed E-state index contributed by atoms with van der Waals surface area (Å²) in [5, 5.41) is 13.1. The maximum Gasteiger partial charge on any atom is 0.304 e. The lowest BCUT2D eigenvalue weighted by molar-refractivity contribution is -0.137. The molecule has 0 spiro atoms. The third-order valence-electron chi connectivity index (χ3n) is 7.64. The Bertz CT molecular complexity index is 1220. The summed E-state index contributed by atoms with van der Waals surface area (Å²) in [5.74, 6) is 1.82. The zero-order valence-corrected chi connectivity index (χ0v) is 21.4. The summed E-state index contributed by atoms with van der Waals surface area (Å²) < 4.78 is 2.03. The monoisotopic (exact) mass is 487 g/mol. The third kappa shape index (κ3) is 5.78. The van der Waals surface area contributed by atoms with E-state index in [4.69, 9.17) is 4.98 Å². The molecule has 0 amide bonds. The number of hydrogen-bond acceptors (Lipinski definition) is 5. The van der Waals surface area contributed by atoms with Crippen LogP contribution in [0, 0.1) is 12.8 Å². The van der Waals surface area contributed by atoms with Gasteiger partial charge in [0.05, 0.1) is 12.1 Å². The summed E-state index contributed by atoms with van der Waals surface area (Å²) in [5.41, 5.74) is 5.59. The lowest BCUT2D eigenvalue weighted by atomic mass is 9.93. The van der Waals surface area contributed by atoms with E-state index in [2.05, 4.69) is 45.5 Å². The van der Waals surface area contributed by atoms with Gasteiger partial charge in [-0.05, 0) is 74.8 Å². The molecule has 7 nitrogen and oxygen atoms in total. The van der Waals surface area contributed by atoms with Crippen LogP contribution >= 0.6 is 0 Å². The van der Waals surface area contributed by atoms with Crippen molar-refractivity contribution in [1.29, 1.82) is 0 Å². The molecule has 0 saturated carbocycles. The first-order chi connectivity index (χ1) is 17.4. The normalized spacial score (nSPS) is 18.6. The van der Waals surface area contributed by atoms with Gasteiger partial charge in [0.25, 0.3) is 0 Å². The Morgan fingerprint density at radius 2 is 2.14 bits per heavy atom. The summed E-state index contributed by atoms with van der Waals surface area (Å²) in [6.45, 7) is 5.83. The van der Waals surface area contributed by atoms with Gasteiger partial charge in [-0.2, -0.15) is 0 Å². The first-order valence-electron chi connectivity index (χ1n) is 13.2. The molecule has 0 aliphatic carbocycles. The average molecular weight is 488 g/mol. The Morgan fingerprint density at radius 3 is 2.94 bits per heavy atom. The van der Waals surface area contributed by atoms with Crippen molar-refractivity contribution < 1.29 is 9.90 Å². The second kappa shape index (κ2) is 10.8. The maximum absolute atomic E-state index is 11.7. The van der Waals surface area contributed by atoms with Crippen molar-refractivity contribution in [3.05, 3.63) is 65.1 Å². The molecule has 2 aromatic heterocycles. The highest BCUT2D eigenvalue weighted by Gasteiger charge is 2.27. The molecule has 4 heterocycles. The summed E-state index contributed by atoms with van der Waals surface area (Å²) in [6, 6.07) is 12.7. The van der Waals surface area contributed by atoms with E-state index >= 15 is 0 Å². The third-order valence-corrected chi connectivity index (χ3v) is 7.64. The van der Waals surface area contributed by atoms with Crippen LogP contribution in [0.3, 0.4) is 0 Å². The highest BCUT2D eigenvalue weighted by molar-refractivity contribution is 5.68. The van der Waals surface area contributed by atoms with Crippen LogP contribution in [0.5, 0.6) is 0 Å². The van der Waals surface area contributed by atoms with E-state index in [-0.39, 0.29) is 12.3 Å². The van der Waals surface area contributed by atoms with E-state index in [1.807, 2.05) is 30.8 Å². The van der Waals surface area contributed by atoms with E-state index in [1.54, 1.807) is 0 Å². The van der Waals surface area contributed by atoms with Gasteiger partial charge in [-0.3, -0.25) is 4.79 Å². The first kappa shape index (κ1) is 24.5. The molecule has 190 valence electrons. The van der Waals surface area contributed by atoms with E-state index < -0.39 is 5.97 Å². The first-order valence-corrected chi connectivity index (χ1v) is 13.2. The van der Waals surface area contributed by atoms with Gasteiger partial charge in [-0.25, -0.2) is 9.97 Å². The molecule has 2 N–H and O–H groups in total. The number of rotatable bonds is 9. The second-order valence-corrected chi connectivity index (χ2v) is 10.5. The summed E-state index contributed by atoms with van der Waals surface area (Å²) in [6.07, 6.45) is 7.73. The second-order valence-electron chi connectivity index (χ2n) is 10.5. The molecule has 5 rings (SSSR count). The fraction of sp³-hybridized carbons (Fsp3) is 0.483. The molecular formula is C29H37N5O2. The van der Waals surface area contributed by atoms with E-state index in [0.717, 1.165) is 80.3 Å². The van der Waals surface area contributed by atoms with Crippen LogP contribution in [0.4, 0.5) is 5.82 Å². The summed E-state index contributed by atoms with van der Waals surface area (Å²) in [7, 11) is 2.00. The standard InChI is InChI=1S/C29H37N5O2/c1-20-17-33(2)29(31-20)24-6-3-5-23(15-24)25(16-27(35)36)19-34-14-12-21(18-34)8-10-26-11-9-22-7-4-13-30-28(22)32-26/h3,5-6,9,11,15,17,21,25H,4,7-8,10,12-14,16,18-19H2,1-2H3,(H,30,32)(H,35,36)/t21-,25-/m1/s1. The predicted molar refractivity (Wildman–Crippen MR) is 142 cm³/mol. The smallest absolute Gasteiger partial charge is 0.304 e. The van der Waals surface area contributed by atoms with Crippen LogP contribution in [-0.4, -0.2) is 56.7 Å². The maximum atomic E-state index is 11.7. The van der Waals surface area contributed by atoms with Crippen molar-refractivity contribution >= 4 is 11.8 Å². The number of benzene rings is 1. The molecule has 0 bridgehead atoms. The Balaban J connectivity index is 1.21. The number of carbonyl (C=O) groups is 1. The molecule has 7 heteroatoms. The number of aliphatic carboxylic acids is 1. The quantitative estimate of drug-likeness (QED) is 0.457. The fourth-order valence-electron chi connectivity index (χ4n) is 5.80. The number of fused-ring (bicyclic) bond motifs is 1. The highest BCUT2D eigenvalue weighted by Crippen LogP contribution is 2.30. The Labute approximate surface area is 213 Å². The molecule has 1 aromatic carbocycles. The van der Waals surface area contributed by atoms with Gasteiger partial charge in [-0.1, -0.05) is 24.3 Å². The molecule has 0 unspecified atom stereocenters. The van der Waals surface area contributed by atoms with Crippen LogP contribution in [0.2, 0.25) is 0 Å². The molecule has 2 aliphatic heterocycles. The Hall–Kier alpha value is -3.19. The lowest BCUT2D eigenvalue weighted by Gasteiger charge is -2.24. The number of aryl methyl sites for hydroxylation is 4. The molecule has 2 aliphatic rings. The van der Waals surface area contributed by atoms with Crippen LogP contribution < -0.4 is 5.32 Å². The Kier molecular flexibility index (Phi) is 7.37. The molecule has 3 aromatic rings. The van der Waals surface area contributed by atoms with Crippen molar-refractivity contribution in [3.8, 4) is 11.4 Å². The topological polar surface area (TPSA) is 83.3 Å². The van der Waals surface area contributed by atoms with Gasteiger partial charge < -0.3 is 19.9 Å². The molecule has 1 fully saturated rings. The van der Waals surface area contributed by atoms with Crippen molar-refractivity contribution in [2.75, 3.05) is 31.5 Å². The Morgan fingerprint density at radius 1 is 1.25 bits per heavy atom. The van der Waals surface area contributed by atoms with Crippen LogP contribution in [0.15, 0.2) is 42.6 Å². The minimum absolute atomic E-state index is 0.0454. The average Bonchev–Trinajstić information content (AvgIpc) is 3.47. The molecule has 36 heavy (non-hydrogen) atoms. The van der Waals surface area contributed by atoms with Gasteiger partial charge in [0.15, 0.2) is 0 Å². The largest absolute Gasteiger partial charge is 0.481 e. The van der Waals surface area contributed by atoms with Gasteiger partial charge >= 0.3 is 5.97 Å². The van der Waals surface area contributed by atoms with E-state index in [0.29, 0.717) is 5.92 Å². The number of imidazole rings is 1. The molecule has 0 radical (unpaired) electrons. The zero-order valence-electron chi connectivity index (χ0n) is 21.4. The number of anilines is 1. The van der Waals surface area contributed by atoms with Gasteiger partial charge in [0, 0.05) is 50.1 Å². The highest BCUT2D eigenvalue weighted by atomic mass is 16.4. The lowest BCUT2D eigenvalue weighted by Crippen LogP contribution is -2.28. The fourth-order valence-corrected chi connectivity index (χ4v) is 5.80. The SMILES string of the molecule is Cc1cn(C)c(-c2cccc([C@H](CC(=O)O)CN3CC[C@@H](CCc4ccc5c(n4)NCCC5)C3)c2)n1. The van der Waals surface area contributed by atoms with Gasteiger partial charge in [0.1, 0.15) is 11.6 Å². The van der Waals surface area contributed by atoms with E-state index in [1.165, 1.54) is 17.7 Å². The van der Waals surface area contributed by atoms with Crippen molar-refractivity contribution in [2.24, 2.45) is 13.0 Å². The number of carboxylic acids is 1. The number of aromatic nitrogens is 3. The van der Waals surface area contributed by atoms with Crippen molar-refractivity contribution in [3.63, 3.8) is 0 Å². The number of hydrogen-bond donors (Lipinski definition) is 2. The van der Waals surface area contributed by atoms with E-state index in [9.17, 15) is 9.90 Å². The van der Waals surface area contributed by atoms with Crippen molar-refractivity contribution in [1.82, 2.24) is 19.4 Å². The molecular weight excluding hydrogens is 450 g/mol. The van der Waals surface area contributed by atoms with Crippen LogP contribution in [-0.2, 0) is 24.7 Å². The number of pyridine rings is 1. The predicted octanol–water partition coefficient (Wildman–Crippen LogP) is 4.66. The number of nitrogens with one attached hydrogen (secondary N) is 1. The number of likely N-dealkylation sites (tertiary alicyclic amines) is 1. The number of carboxylic acid groups (broad SMARTS) is 1. The molecule has 1 saturated heterocycles. The minimum atomic E-state index is -0.749.